The van der Waals surface area contributed by atoms with Crippen LogP contribution in [0.2, 0.25) is 0 Å². The summed E-state index contributed by atoms with van der Waals surface area (Å²) in [6.07, 6.45) is 1.11. The van der Waals surface area contributed by atoms with E-state index in [0.29, 0.717) is 6.54 Å². The second kappa shape index (κ2) is 4.77. The van der Waals surface area contributed by atoms with Gasteiger partial charge in [0, 0.05) is 20.1 Å². The molecule has 0 amide bonds. The zero-order chi connectivity index (χ0) is 9.68. The van der Waals surface area contributed by atoms with Crippen molar-refractivity contribution in [2.45, 2.75) is 19.9 Å². The standard InChI is InChI=1S/C9H16N4/c1-3-6-13(2)9-5-4-8(7-10)11-12-9/h4-5H,3,6-7,10H2,1-2H3. The number of hydrogen-bond donors (Lipinski definition) is 1. The summed E-state index contributed by atoms with van der Waals surface area (Å²) in [6.45, 7) is 3.58. The van der Waals surface area contributed by atoms with E-state index in [1.54, 1.807) is 0 Å². The maximum atomic E-state index is 5.42. The molecule has 0 fully saturated rings. The summed E-state index contributed by atoms with van der Waals surface area (Å²) in [4.78, 5) is 2.08. The third-order valence-electron chi connectivity index (χ3n) is 1.86. The van der Waals surface area contributed by atoms with E-state index in [9.17, 15) is 0 Å². The molecule has 1 aromatic rings. The van der Waals surface area contributed by atoms with Gasteiger partial charge in [-0.25, -0.2) is 0 Å². The van der Waals surface area contributed by atoms with Gasteiger partial charge in [0.2, 0.25) is 0 Å². The van der Waals surface area contributed by atoms with Gasteiger partial charge in [0.1, 0.15) is 0 Å². The lowest BCUT2D eigenvalue weighted by Gasteiger charge is -2.15. The van der Waals surface area contributed by atoms with Crippen LogP contribution in [0.4, 0.5) is 5.82 Å². The van der Waals surface area contributed by atoms with Gasteiger partial charge in [-0.3, -0.25) is 0 Å². The van der Waals surface area contributed by atoms with Gasteiger partial charge in [-0.05, 0) is 18.6 Å². The SMILES string of the molecule is CCCN(C)c1ccc(CN)nn1. The van der Waals surface area contributed by atoms with Crippen LogP contribution in [-0.2, 0) is 6.54 Å². The Bertz CT molecular complexity index is 244. The van der Waals surface area contributed by atoms with E-state index < -0.39 is 0 Å². The first-order chi connectivity index (χ1) is 6.27. The Balaban J connectivity index is 2.67. The highest BCUT2D eigenvalue weighted by molar-refractivity contribution is 5.35. The maximum Gasteiger partial charge on any atom is 0.150 e. The van der Waals surface area contributed by atoms with Gasteiger partial charge in [-0.15, -0.1) is 5.10 Å². The van der Waals surface area contributed by atoms with Gasteiger partial charge in [0.15, 0.2) is 5.82 Å². The average molecular weight is 180 g/mol. The van der Waals surface area contributed by atoms with Gasteiger partial charge >= 0.3 is 0 Å². The fourth-order valence-electron chi connectivity index (χ4n) is 1.12. The molecule has 72 valence electrons. The molecule has 13 heavy (non-hydrogen) atoms. The Labute approximate surface area is 78.8 Å². The van der Waals surface area contributed by atoms with Crippen molar-refractivity contribution in [1.29, 1.82) is 0 Å². The summed E-state index contributed by atoms with van der Waals surface area (Å²) in [5, 5.41) is 8.05. The lowest BCUT2D eigenvalue weighted by atomic mass is 10.3. The molecule has 1 heterocycles. The van der Waals surface area contributed by atoms with E-state index in [2.05, 4.69) is 22.0 Å². The van der Waals surface area contributed by atoms with Crippen molar-refractivity contribution >= 4 is 5.82 Å². The van der Waals surface area contributed by atoms with Crippen molar-refractivity contribution in [2.75, 3.05) is 18.5 Å². The van der Waals surface area contributed by atoms with Crippen LogP contribution in [0.5, 0.6) is 0 Å². The minimum absolute atomic E-state index is 0.449. The molecule has 1 rings (SSSR count). The number of nitrogens with zero attached hydrogens (tertiary/aromatic N) is 3. The van der Waals surface area contributed by atoms with Crippen molar-refractivity contribution in [2.24, 2.45) is 5.73 Å². The Morgan fingerprint density at radius 3 is 2.62 bits per heavy atom. The van der Waals surface area contributed by atoms with Crippen LogP contribution in [0.1, 0.15) is 19.0 Å². The molecule has 0 bridgehead atoms. The first-order valence-electron chi connectivity index (χ1n) is 4.51. The first kappa shape index (κ1) is 9.92. The Morgan fingerprint density at radius 1 is 1.38 bits per heavy atom. The van der Waals surface area contributed by atoms with Crippen LogP contribution in [0.25, 0.3) is 0 Å². The zero-order valence-electron chi connectivity index (χ0n) is 8.20. The van der Waals surface area contributed by atoms with Gasteiger partial charge in [-0.1, -0.05) is 6.92 Å². The molecule has 0 aromatic carbocycles. The van der Waals surface area contributed by atoms with Crippen molar-refractivity contribution in [3.05, 3.63) is 17.8 Å². The van der Waals surface area contributed by atoms with Crippen LogP contribution in [0.3, 0.4) is 0 Å². The first-order valence-corrected chi connectivity index (χ1v) is 4.51. The molecule has 0 aliphatic carbocycles. The number of anilines is 1. The molecule has 2 N–H and O–H groups in total. The molecule has 4 heteroatoms. The molecule has 0 saturated heterocycles. The van der Waals surface area contributed by atoms with E-state index in [4.69, 9.17) is 5.73 Å². The van der Waals surface area contributed by atoms with Crippen LogP contribution < -0.4 is 10.6 Å². The quantitative estimate of drug-likeness (QED) is 0.744. The maximum absolute atomic E-state index is 5.42. The topological polar surface area (TPSA) is 55.0 Å². The third kappa shape index (κ3) is 2.66. The summed E-state index contributed by atoms with van der Waals surface area (Å²) in [7, 11) is 2.01. The lowest BCUT2D eigenvalue weighted by Crippen LogP contribution is -2.19. The minimum Gasteiger partial charge on any atom is -0.358 e. The predicted molar refractivity (Wildman–Crippen MR) is 53.5 cm³/mol. The molecular weight excluding hydrogens is 164 g/mol. The number of nitrogens with two attached hydrogens (primary N) is 1. The smallest absolute Gasteiger partial charge is 0.150 e. The van der Waals surface area contributed by atoms with E-state index in [-0.39, 0.29) is 0 Å². The minimum atomic E-state index is 0.449. The summed E-state index contributed by atoms with van der Waals surface area (Å²) in [5.74, 6) is 0.902. The summed E-state index contributed by atoms with van der Waals surface area (Å²) < 4.78 is 0. The Hall–Kier alpha value is -1.16. The summed E-state index contributed by atoms with van der Waals surface area (Å²) in [5.41, 5.74) is 6.25. The largest absolute Gasteiger partial charge is 0.358 e. The highest BCUT2D eigenvalue weighted by atomic mass is 15.2. The molecule has 0 spiro atoms. The second-order valence-electron chi connectivity index (χ2n) is 3.01. The van der Waals surface area contributed by atoms with Crippen molar-refractivity contribution in [1.82, 2.24) is 10.2 Å². The number of rotatable bonds is 4. The lowest BCUT2D eigenvalue weighted by molar-refractivity contribution is 0.807. The van der Waals surface area contributed by atoms with Crippen LogP contribution in [0.15, 0.2) is 12.1 Å². The van der Waals surface area contributed by atoms with Crippen molar-refractivity contribution in [3.63, 3.8) is 0 Å². The number of hydrogen-bond acceptors (Lipinski definition) is 4. The van der Waals surface area contributed by atoms with Crippen LogP contribution in [-0.4, -0.2) is 23.8 Å². The van der Waals surface area contributed by atoms with Crippen molar-refractivity contribution < 1.29 is 0 Å². The number of aromatic nitrogens is 2. The van der Waals surface area contributed by atoms with Crippen molar-refractivity contribution in [3.8, 4) is 0 Å². The molecule has 0 saturated carbocycles. The summed E-state index contributed by atoms with van der Waals surface area (Å²) >= 11 is 0. The van der Waals surface area contributed by atoms with Crippen LogP contribution in [0, 0.1) is 0 Å². The van der Waals surface area contributed by atoms with Crippen LogP contribution >= 0.6 is 0 Å². The molecule has 0 aliphatic rings. The van der Waals surface area contributed by atoms with Gasteiger partial charge in [0.25, 0.3) is 0 Å². The second-order valence-corrected chi connectivity index (χ2v) is 3.01. The van der Waals surface area contributed by atoms with E-state index in [1.165, 1.54) is 0 Å². The molecule has 0 unspecified atom stereocenters. The van der Waals surface area contributed by atoms with E-state index >= 15 is 0 Å². The van der Waals surface area contributed by atoms with Gasteiger partial charge < -0.3 is 10.6 Å². The van der Waals surface area contributed by atoms with E-state index in [0.717, 1.165) is 24.5 Å². The third-order valence-corrected chi connectivity index (χ3v) is 1.86. The highest BCUT2D eigenvalue weighted by Crippen LogP contribution is 2.06. The van der Waals surface area contributed by atoms with Gasteiger partial charge in [-0.2, -0.15) is 5.10 Å². The molecule has 1 aromatic heterocycles. The zero-order valence-corrected chi connectivity index (χ0v) is 8.20. The Kier molecular flexibility index (Phi) is 3.64. The fraction of sp³-hybridized carbons (Fsp3) is 0.556. The molecule has 0 radical (unpaired) electrons. The summed E-state index contributed by atoms with van der Waals surface area (Å²) in [6, 6.07) is 3.86. The van der Waals surface area contributed by atoms with E-state index in [1.807, 2.05) is 19.2 Å². The molecule has 0 aliphatic heterocycles. The Morgan fingerprint density at radius 2 is 2.15 bits per heavy atom. The predicted octanol–water partition coefficient (Wildman–Crippen LogP) is 0.781. The highest BCUT2D eigenvalue weighted by Gasteiger charge is 2.00. The average Bonchev–Trinajstić information content (AvgIpc) is 2.18. The molecular formula is C9H16N4. The fourth-order valence-corrected chi connectivity index (χ4v) is 1.12. The monoisotopic (exact) mass is 180 g/mol. The normalized spacial score (nSPS) is 10.1. The molecule has 0 atom stereocenters. The van der Waals surface area contributed by atoms with Gasteiger partial charge in [0.05, 0.1) is 5.69 Å². The molecule has 4 nitrogen and oxygen atoms in total.